The molecule has 0 atom stereocenters. The van der Waals surface area contributed by atoms with Gasteiger partial charge in [0, 0.05) is 35.8 Å². The lowest BCUT2D eigenvalue weighted by Gasteiger charge is -2.29. The Morgan fingerprint density at radius 2 is 1.90 bits per heavy atom. The second-order valence-electron chi connectivity index (χ2n) is 9.26. The first-order valence-corrected chi connectivity index (χ1v) is 15.8. The fourth-order valence-electron chi connectivity index (χ4n) is 4.42. The van der Waals surface area contributed by atoms with E-state index in [0.717, 1.165) is 42.6 Å². The Morgan fingerprint density at radius 3 is 2.65 bits per heavy atom. The van der Waals surface area contributed by atoms with Crippen LogP contribution in [0.25, 0.3) is 17.3 Å². The van der Waals surface area contributed by atoms with E-state index in [4.69, 9.17) is 14.8 Å². The average Bonchev–Trinajstić information content (AvgIpc) is 3.56. The van der Waals surface area contributed by atoms with Crippen molar-refractivity contribution < 1.29 is 28.5 Å². The van der Waals surface area contributed by atoms with Crippen molar-refractivity contribution in [3.05, 3.63) is 63.6 Å². The molecule has 0 radical (unpaired) electrons. The molecule has 1 aliphatic carbocycles. The van der Waals surface area contributed by atoms with Crippen LogP contribution in [-0.2, 0) is 20.4 Å². The lowest BCUT2D eigenvalue weighted by atomic mass is 9.91. The van der Waals surface area contributed by atoms with Gasteiger partial charge in [-0.2, -0.15) is 11.3 Å². The maximum Gasteiger partial charge on any atom is 0.471 e. The van der Waals surface area contributed by atoms with Crippen molar-refractivity contribution >= 4 is 54.1 Å². The molecule has 1 aliphatic heterocycles. The first-order valence-electron chi connectivity index (χ1n) is 12.5. The number of amides is 2. The van der Waals surface area contributed by atoms with Crippen LogP contribution in [0, 0.1) is 0 Å². The van der Waals surface area contributed by atoms with E-state index in [9.17, 15) is 14.2 Å². The monoisotopic (exact) mass is 602 g/mol. The van der Waals surface area contributed by atoms with Gasteiger partial charge in [-0.05, 0) is 73.2 Å². The van der Waals surface area contributed by atoms with Gasteiger partial charge in [-0.15, -0.1) is 0 Å². The second-order valence-corrected chi connectivity index (χ2v) is 12.3. The molecule has 4 heterocycles. The zero-order valence-electron chi connectivity index (χ0n) is 21.2. The topological polar surface area (TPSA) is 167 Å². The second kappa shape index (κ2) is 12.7. The molecule has 210 valence electrons. The smallest absolute Gasteiger partial charge is 0.351 e. The standard InChI is InChI=1S/C25H27N6O6PS2/c32-23-22(40-25(33)31(23)15-37-38(34,35)36)12-19-8-10-26-24(30-19)29-18-6-4-17(5-7-18)27-13-20-2-1-3-21(28-20)16-9-11-39-14-16/h1-3,8-12,14,17-18,27H,4-7,13,15H2,(H,26,29,30)(H2,34,35,36)/t17-,18-. The number of nitrogens with zero attached hydrogens (tertiary/aromatic N) is 4. The molecular formula is C25H27N6O6PS2. The molecular weight excluding hydrogens is 575 g/mol. The molecule has 0 spiro atoms. The van der Waals surface area contributed by atoms with Crippen LogP contribution in [0.15, 0.2) is 52.2 Å². The molecule has 0 aromatic carbocycles. The van der Waals surface area contributed by atoms with Crippen LogP contribution in [0.3, 0.4) is 0 Å². The Kier molecular flexibility index (Phi) is 9.06. The van der Waals surface area contributed by atoms with E-state index in [1.165, 1.54) is 6.08 Å². The average molecular weight is 603 g/mol. The van der Waals surface area contributed by atoms with Crippen LogP contribution in [0.5, 0.6) is 0 Å². The van der Waals surface area contributed by atoms with Gasteiger partial charge in [0.25, 0.3) is 11.1 Å². The van der Waals surface area contributed by atoms with Crippen LogP contribution in [-0.4, -0.2) is 59.6 Å². The Balaban J connectivity index is 1.11. The number of thiophene rings is 1. The van der Waals surface area contributed by atoms with Crippen LogP contribution < -0.4 is 10.6 Å². The van der Waals surface area contributed by atoms with Gasteiger partial charge in [0.15, 0.2) is 0 Å². The highest BCUT2D eigenvalue weighted by Gasteiger charge is 2.36. The van der Waals surface area contributed by atoms with Gasteiger partial charge in [0.2, 0.25) is 5.95 Å². The fourth-order valence-corrected chi connectivity index (χ4v) is 6.15. The Labute approximate surface area is 238 Å². The highest BCUT2D eigenvalue weighted by Crippen LogP contribution is 2.38. The molecule has 2 amide bonds. The number of pyridine rings is 1. The summed E-state index contributed by atoms with van der Waals surface area (Å²) in [6.07, 6.45) is 6.86. The summed E-state index contributed by atoms with van der Waals surface area (Å²) in [5.41, 5.74) is 3.56. The number of phosphoric ester groups is 1. The van der Waals surface area contributed by atoms with Gasteiger partial charge in [-0.1, -0.05) is 6.07 Å². The van der Waals surface area contributed by atoms with Gasteiger partial charge in [-0.3, -0.25) is 19.1 Å². The number of thioether (sulfide) groups is 1. The van der Waals surface area contributed by atoms with E-state index >= 15 is 0 Å². The minimum Gasteiger partial charge on any atom is -0.351 e. The molecule has 15 heteroatoms. The number of aromatic nitrogens is 3. The molecule has 2 fully saturated rings. The van der Waals surface area contributed by atoms with Crippen molar-refractivity contribution in [3.63, 3.8) is 0 Å². The summed E-state index contributed by atoms with van der Waals surface area (Å²) in [5, 5.41) is 10.5. The van der Waals surface area contributed by atoms with Crippen molar-refractivity contribution in [2.45, 2.75) is 44.3 Å². The fraction of sp³-hybridized carbons (Fsp3) is 0.320. The molecule has 3 aromatic heterocycles. The Hall–Kier alpha value is -2.97. The van der Waals surface area contributed by atoms with Crippen LogP contribution >= 0.6 is 30.9 Å². The number of phosphoric acid groups is 1. The maximum absolute atomic E-state index is 12.5. The molecule has 5 rings (SSSR count). The van der Waals surface area contributed by atoms with E-state index in [1.54, 1.807) is 23.6 Å². The summed E-state index contributed by atoms with van der Waals surface area (Å²) in [7, 11) is -4.82. The van der Waals surface area contributed by atoms with Gasteiger partial charge >= 0.3 is 7.82 Å². The third-order valence-corrected chi connectivity index (χ3v) is 8.48. The van der Waals surface area contributed by atoms with Crippen molar-refractivity contribution in [2.24, 2.45) is 0 Å². The zero-order valence-corrected chi connectivity index (χ0v) is 23.7. The Bertz CT molecular complexity index is 1440. The number of anilines is 1. The van der Waals surface area contributed by atoms with E-state index in [2.05, 4.69) is 42.0 Å². The largest absolute Gasteiger partial charge is 0.471 e. The number of rotatable bonds is 10. The lowest BCUT2D eigenvalue weighted by molar-refractivity contribution is -0.124. The first-order chi connectivity index (χ1) is 19.2. The van der Waals surface area contributed by atoms with Crippen molar-refractivity contribution in [3.8, 4) is 11.3 Å². The van der Waals surface area contributed by atoms with Gasteiger partial charge in [-0.25, -0.2) is 19.4 Å². The molecule has 3 aromatic rings. The van der Waals surface area contributed by atoms with Gasteiger partial charge in [0.1, 0.15) is 6.73 Å². The van der Waals surface area contributed by atoms with Crippen LogP contribution in [0.2, 0.25) is 0 Å². The molecule has 1 saturated heterocycles. The summed E-state index contributed by atoms with van der Waals surface area (Å²) < 4.78 is 15.2. The number of carbonyl (C=O) groups is 2. The van der Waals surface area contributed by atoms with E-state index in [1.807, 2.05) is 18.2 Å². The molecule has 4 N–H and O–H groups in total. The minimum absolute atomic E-state index is 0.0749. The molecule has 2 aliphatic rings. The number of carbonyl (C=O) groups excluding carboxylic acids is 2. The predicted octanol–water partition coefficient (Wildman–Crippen LogP) is 4.22. The van der Waals surface area contributed by atoms with Crippen molar-refractivity contribution in [1.29, 1.82) is 0 Å². The maximum atomic E-state index is 12.5. The summed E-state index contributed by atoms with van der Waals surface area (Å²) in [4.78, 5) is 56.5. The highest BCUT2D eigenvalue weighted by atomic mass is 32.2. The van der Waals surface area contributed by atoms with E-state index in [-0.39, 0.29) is 10.9 Å². The summed E-state index contributed by atoms with van der Waals surface area (Å²) in [6, 6.07) is 10.4. The summed E-state index contributed by atoms with van der Waals surface area (Å²) >= 11 is 2.31. The molecule has 1 saturated carbocycles. The number of imide groups is 1. The van der Waals surface area contributed by atoms with E-state index in [0.29, 0.717) is 40.9 Å². The normalized spacial score (nSPS) is 20.9. The van der Waals surface area contributed by atoms with Gasteiger partial charge < -0.3 is 20.4 Å². The van der Waals surface area contributed by atoms with Gasteiger partial charge in [0.05, 0.1) is 22.0 Å². The summed E-state index contributed by atoms with van der Waals surface area (Å²) in [5.74, 6) is -0.292. The third-order valence-electron chi connectivity index (χ3n) is 6.44. The van der Waals surface area contributed by atoms with Crippen molar-refractivity contribution in [2.75, 3.05) is 12.0 Å². The van der Waals surface area contributed by atoms with Crippen molar-refractivity contribution in [1.82, 2.24) is 25.2 Å². The number of hydrogen-bond acceptors (Lipinski definition) is 11. The van der Waals surface area contributed by atoms with E-state index < -0.39 is 25.7 Å². The molecule has 12 nitrogen and oxygen atoms in total. The third kappa shape index (κ3) is 7.61. The number of hydrogen-bond donors (Lipinski definition) is 4. The zero-order chi connectivity index (χ0) is 28.1. The van der Waals surface area contributed by atoms with Crippen LogP contribution in [0.4, 0.5) is 10.7 Å². The predicted molar refractivity (Wildman–Crippen MR) is 152 cm³/mol. The molecule has 0 bridgehead atoms. The minimum atomic E-state index is -4.82. The quantitative estimate of drug-likeness (QED) is 0.193. The highest BCUT2D eigenvalue weighted by molar-refractivity contribution is 8.18. The summed E-state index contributed by atoms with van der Waals surface area (Å²) in [6.45, 7) is -0.124. The lowest BCUT2D eigenvalue weighted by Crippen LogP contribution is -2.37. The Morgan fingerprint density at radius 1 is 1.10 bits per heavy atom. The first kappa shape index (κ1) is 28.6. The molecule has 0 unspecified atom stereocenters. The SMILES string of the molecule is O=C1SC(=Cc2ccnc(N[C@H]3CC[C@H](NCc4cccc(-c5ccsc5)n4)CC3)n2)C(=O)N1COP(=O)(O)O. The van der Waals surface area contributed by atoms with Crippen LogP contribution in [0.1, 0.15) is 37.1 Å². The molecule has 40 heavy (non-hydrogen) atoms. The number of nitrogens with one attached hydrogen (secondary N) is 2.